The Labute approximate surface area is 194 Å². The predicted octanol–water partition coefficient (Wildman–Crippen LogP) is 4.76. The van der Waals surface area contributed by atoms with E-state index >= 15 is 0 Å². The van der Waals surface area contributed by atoms with Gasteiger partial charge in [0.2, 0.25) is 5.91 Å². The maximum absolute atomic E-state index is 12.8. The Balaban J connectivity index is 1.36. The second-order valence-corrected chi connectivity index (χ2v) is 7.83. The van der Waals surface area contributed by atoms with Gasteiger partial charge in [0.05, 0.1) is 7.11 Å². The molecule has 3 aromatic carbocycles. The van der Waals surface area contributed by atoms with Gasteiger partial charge in [0.1, 0.15) is 5.75 Å². The molecule has 0 saturated heterocycles. The average molecular weight is 454 g/mol. The first kappa shape index (κ1) is 21.3. The van der Waals surface area contributed by atoms with Gasteiger partial charge in [-0.05, 0) is 60.0 Å². The lowest BCUT2D eigenvalue weighted by Crippen LogP contribution is -2.12. The number of carbonyl (C=O) groups excluding carboxylic acids is 1. The summed E-state index contributed by atoms with van der Waals surface area (Å²) >= 11 is 0. The summed E-state index contributed by atoms with van der Waals surface area (Å²) in [5, 5.41) is 7.71. The Morgan fingerprint density at radius 3 is 2.59 bits per heavy atom. The number of methoxy groups -OCH3 is 1. The van der Waals surface area contributed by atoms with E-state index in [4.69, 9.17) is 4.74 Å². The maximum Gasteiger partial charge on any atom is 0.439 e. The number of H-pyrrole nitrogens is 2. The smallest absolute Gasteiger partial charge is 0.439 e. The van der Waals surface area contributed by atoms with Crippen molar-refractivity contribution in [3.05, 3.63) is 88.9 Å². The number of rotatable bonds is 7. The number of nitrogens with zero attached hydrogens (tertiary/aromatic N) is 1. The third kappa shape index (κ3) is 4.33. The molecule has 5 aromatic rings. The lowest BCUT2D eigenvalue weighted by molar-refractivity contribution is -0.116. The molecule has 0 bridgehead atoms. The molecular weight excluding hydrogens is 432 g/mol. The van der Waals surface area contributed by atoms with Crippen LogP contribution in [0.5, 0.6) is 5.75 Å². The van der Waals surface area contributed by atoms with Crippen molar-refractivity contribution in [2.75, 3.05) is 12.4 Å². The number of carbonyl (C=O) groups is 1. The number of benzene rings is 3. The van der Waals surface area contributed by atoms with Crippen LogP contribution < -0.4 is 15.8 Å². The monoisotopic (exact) mass is 454 g/mol. The number of para-hydroxylation sites is 1. The van der Waals surface area contributed by atoms with Gasteiger partial charge in [0.25, 0.3) is 0 Å². The van der Waals surface area contributed by atoms with E-state index in [-0.39, 0.29) is 5.91 Å². The van der Waals surface area contributed by atoms with E-state index in [2.05, 4.69) is 31.0 Å². The number of aryl methyl sites for hydroxylation is 1. The van der Waals surface area contributed by atoms with Crippen molar-refractivity contribution in [2.24, 2.45) is 0 Å². The highest BCUT2D eigenvalue weighted by Crippen LogP contribution is 2.32. The Morgan fingerprint density at radius 1 is 1.00 bits per heavy atom. The maximum atomic E-state index is 12.8. The van der Waals surface area contributed by atoms with E-state index in [9.17, 15) is 9.59 Å². The van der Waals surface area contributed by atoms with E-state index in [1.807, 2.05) is 42.5 Å². The molecule has 8 heteroatoms. The van der Waals surface area contributed by atoms with Crippen LogP contribution in [0, 0.1) is 0 Å². The van der Waals surface area contributed by atoms with Gasteiger partial charge in [-0.3, -0.25) is 14.3 Å². The summed E-state index contributed by atoms with van der Waals surface area (Å²) in [5.41, 5.74) is 5.39. The minimum atomic E-state index is -0.629. The first-order valence-corrected chi connectivity index (χ1v) is 10.8. The van der Waals surface area contributed by atoms with Crippen molar-refractivity contribution in [3.8, 4) is 28.4 Å². The Kier molecular flexibility index (Phi) is 5.70. The van der Waals surface area contributed by atoms with Gasteiger partial charge >= 0.3 is 5.76 Å². The van der Waals surface area contributed by atoms with Gasteiger partial charge in [0.15, 0.2) is 5.82 Å². The minimum Gasteiger partial charge on any atom is -0.497 e. The molecule has 8 nitrogen and oxygen atoms in total. The van der Waals surface area contributed by atoms with Crippen molar-refractivity contribution in [2.45, 2.75) is 12.8 Å². The van der Waals surface area contributed by atoms with Crippen LogP contribution in [0.3, 0.4) is 0 Å². The molecule has 1 amide bonds. The van der Waals surface area contributed by atoms with Crippen LogP contribution in [-0.4, -0.2) is 28.1 Å². The lowest BCUT2D eigenvalue weighted by atomic mass is 10.0. The molecule has 34 heavy (non-hydrogen) atoms. The first-order chi connectivity index (χ1) is 16.6. The zero-order chi connectivity index (χ0) is 23.5. The molecule has 0 saturated carbocycles. The van der Waals surface area contributed by atoms with Gasteiger partial charge in [-0.1, -0.05) is 35.5 Å². The van der Waals surface area contributed by atoms with Crippen molar-refractivity contribution >= 4 is 22.5 Å². The van der Waals surface area contributed by atoms with E-state index in [0.29, 0.717) is 29.9 Å². The van der Waals surface area contributed by atoms with E-state index in [1.54, 1.807) is 31.4 Å². The molecular formula is C26H22N4O4. The second-order valence-electron chi connectivity index (χ2n) is 7.83. The molecule has 0 unspecified atom stereocenters. The number of aromatic nitrogens is 3. The number of nitrogens with one attached hydrogen (secondary N) is 3. The molecule has 2 aromatic heterocycles. The summed E-state index contributed by atoms with van der Waals surface area (Å²) < 4.78 is 9.83. The van der Waals surface area contributed by atoms with Crippen LogP contribution in [0.4, 0.5) is 5.69 Å². The Morgan fingerprint density at radius 2 is 1.82 bits per heavy atom. The standard InChI is InChI=1S/C26H22N4O4/c1-33-19-11-9-16(10-12-19)24-21(20-7-2-3-8-22(20)28-24)13-14-23(31)27-18-6-4-5-17(15-18)25-29-26(32)34-30-25/h2-12,15,28H,13-14H2,1H3,(H,27,31)(H,29,30,32). The highest BCUT2D eigenvalue weighted by molar-refractivity contribution is 5.94. The summed E-state index contributed by atoms with van der Waals surface area (Å²) in [6.45, 7) is 0. The SMILES string of the molecule is COc1ccc(-c2[nH]c3ccccc3c2CCC(=O)Nc2cccc(-c3noc(=O)[nH]3)c2)cc1. The van der Waals surface area contributed by atoms with Crippen molar-refractivity contribution in [1.29, 1.82) is 0 Å². The number of hydrogen-bond acceptors (Lipinski definition) is 5. The fourth-order valence-corrected chi connectivity index (χ4v) is 4.02. The number of fused-ring (bicyclic) bond motifs is 1. The largest absolute Gasteiger partial charge is 0.497 e. The molecule has 0 spiro atoms. The number of ether oxygens (including phenoxy) is 1. The molecule has 2 heterocycles. The second kappa shape index (κ2) is 9.11. The van der Waals surface area contributed by atoms with Crippen LogP contribution in [0.2, 0.25) is 0 Å². The highest BCUT2D eigenvalue weighted by atomic mass is 16.5. The molecule has 0 radical (unpaired) electrons. The summed E-state index contributed by atoms with van der Waals surface area (Å²) in [4.78, 5) is 30.0. The van der Waals surface area contributed by atoms with Crippen molar-refractivity contribution in [3.63, 3.8) is 0 Å². The van der Waals surface area contributed by atoms with E-state index in [0.717, 1.165) is 33.5 Å². The zero-order valence-electron chi connectivity index (χ0n) is 18.4. The third-order valence-electron chi connectivity index (χ3n) is 5.65. The molecule has 0 aliphatic rings. The zero-order valence-corrected chi connectivity index (χ0v) is 18.4. The van der Waals surface area contributed by atoms with Gasteiger partial charge in [-0.2, -0.15) is 0 Å². The number of hydrogen-bond donors (Lipinski definition) is 3. The summed E-state index contributed by atoms with van der Waals surface area (Å²) in [7, 11) is 1.64. The molecule has 0 fully saturated rings. The average Bonchev–Trinajstić information content (AvgIpc) is 3.46. The molecule has 3 N–H and O–H groups in total. The number of amides is 1. The molecule has 0 aliphatic carbocycles. The quantitative estimate of drug-likeness (QED) is 0.328. The van der Waals surface area contributed by atoms with Crippen LogP contribution in [-0.2, 0) is 11.2 Å². The van der Waals surface area contributed by atoms with Crippen LogP contribution >= 0.6 is 0 Å². The highest BCUT2D eigenvalue weighted by Gasteiger charge is 2.15. The van der Waals surface area contributed by atoms with Gasteiger partial charge in [-0.25, -0.2) is 4.79 Å². The molecule has 0 aliphatic heterocycles. The summed E-state index contributed by atoms with van der Waals surface area (Å²) in [6.07, 6.45) is 0.865. The number of aromatic amines is 2. The normalized spacial score (nSPS) is 11.0. The molecule has 5 rings (SSSR count). The van der Waals surface area contributed by atoms with Crippen LogP contribution in [0.15, 0.2) is 82.1 Å². The topological polar surface area (TPSA) is 113 Å². The van der Waals surface area contributed by atoms with Crippen LogP contribution in [0.1, 0.15) is 12.0 Å². The minimum absolute atomic E-state index is 0.114. The van der Waals surface area contributed by atoms with Gasteiger partial charge in [0, 0.05) is 34.3 Å². The third-order valence-corrected chi connectivity index (χ3v) is 5.65. The first-order valence-electron chi connectivity index (χ1n) is 10.8. The summed E-state index contributed by atoms with van der Waals surface area (Å²) in [5.74, 6) is 0.356. The van der Waals surface area contributed by atoms with E-state index in [1.165, 1.54) is 0 Å². The van der Waals surface area contributed by atoms with Crippen molar-refractivity contribution in [1.82, 2.24) is 15.1 Å². The predicted molar refractivity (Wildman–Crippen MR) is 130 cm³/mol. The molecule has 170 valence electrons. The Hall–Kier alpha value is -4.59. The van der Waals surface area contributed by atoms with Gasteiger partial charge in [-0.15, -0.1) is 0 Å². The van der Waals surface area contributed by atoms with E-state index < -0.39 is 5.76 Å². The number of anilines is 1. The van der Waals surface area contributed by atoms with Crippen molar-refractivity contribution < 1.29 is 14.1 Å². The van der Waals surface area contributed by atoms with Gasteiger partial charge < -0.3 is 15.0 Å². The fraction of sp³-hybridized carbons (Fsp3) is 0.115. The van der Waals surface area contributed by atoms with Crippen LogP contribution in [0.25, 0.3) is 33.5 Å². The summed E-state index contributed by atoms with van der Waals surface area (Å²) in [6, 6.07) is 23.0. The molecule has 0 atom stereocenters. The Bertz CT molecular complexity index is 1510. The fourth-order valence-electron chi connectivity index (χ4n) is 4.02. The lowest BCUT2D eigenvalue weighted by Gasteiger charge is -2.08.